The average Bonchev–Trinajstić information content (AvgIpc) is 3.02. The van der Waals surface area contributed by atoms with Crippen molar-refractivity contribution in [3.8, 4) is 0 Å². The van der Waals surface area contributed by atoms with Crippen LogP contribution in [0.15, 0.2) is 30.6 Å². The van der Waals surface area contributed by atoms with Gasteiger partial charge < -0.3 is 10.3 Å². The van der Waals surface area contributed by atoms with Gasteiger partial charge in [0.1, 0.15) is 12.2 Å². The fourth-order valence-corrected chi connectivity index (χ4v) is 3.86. The van der Waals surface area contributed by atoms with E-state index in [1.54, 1.807) is 17.7 Å². The lowest BCUT2D eigenvalue weighted by molar-refractivity contribution is 0.635. The molecule has 22 heavy (non-hydrogen) atoms. The van der Waals surface area contributed by atoms with E-state index in [1.165, 1.54) is 0 Å². The number of nitrogens with zero attached hydrogens (tertiary/aromatic N) is 5. The maximum Gasteiger partial charge on any atom is 0.223 e. The Kier molecular flexibility index (Phi) is 3.10. The molecule has 0 aliphatic carbocycles. The Hall–Kier alpha value is -2.03. The van der Waals surface area contributed by atoms with E-state index in [1.807, 2.05) is 27.3 Å². The normalized spacial score (nSPS) is 11.5. The molecule has 0 saturated carbocycles. The van der Waals surface area contributed by atoms with Gasteiger partial charge in [0.25, 0.3) is 0 Å². The molecule has 4 aromatic rings. The Morgan fingerprint density at radius 2 is 2.09 bits per heavy atom. The zero-order valence-corrected chi connectivity index (χ0v) is 13.5. The van der Waals surface area contributed by atoms with Crippen molar-refractivity contribution in [3.05, 3.63) is 39.7 Å². The molecule has 3 heterocycles. The molecule has 0 fully saturated rings. The van der Waals surface area contributed by atoms with E-state index >= 15 is 0 Å². The Bertz CT molecular complexity index is 1060. The SMILES string of the molecule is Nc1nc(Cl)c2ncn(Cn3c(=S)sc4ccccc43)c2n1. The fourth-order valence-electron chi connectivity index (χ4n) is 2.33. The van der Waals surface area contributed by atoms with Gasteiger partial charge >= 0.3 is 0 Å². The molecule has 1 aromatic carbocycles. The third-order valence-electron chi connectivity index (χ3n) is 3.31. The third-order valence-corrected chi connectivity index (χ3v) is 5.00. The number of benzene rings is 1. The van der Waals surface area contributed by atoms with Crippen molar-refractivity contribution >= 4 is 62.5 Å². The smallest absolute Gasteiger partial charge is 0.223 e. The summed E-state index contributed by atoms with van der Waals surface area (Å²) < 4.78 is 5.82. The molecule has 0 atom stereocenters. The predicted octanol–water partition coefficient (Wildman–Crippen LogP) is 3.31. The highest BCUT2D eigenvalue weighted by atomic mass is 35.5. The number of imidazole rings is 1. The number of nitrogen functional groups attached to an aromatic ring is 1. The van der Waals surface area contributed by atoms with E-state index < -0.39 is 0 Å². The summed E-state index contributed by atoms with van der Waals surface area (Å²) in [6.45, 7) is 0.492. The maximum absolute atomic E-state index is 6.05. The lowest BCUT2D eigenvalue weighted by Gasteiger charge is -2.07. The van der Waals surface area contributed by atoms with Crippen molar-refractivity contribution in [1.29, 1.82) is 0 Å². The van der Waals surface area contributed by atoms with Crippen LogP contribution in [-0.4, -0.2) is 24.1 Å². The molecule has 110 valence electrons. The molecule has 0 amide bonds. The van der Waals surface area contributed by atoms with E-state index in [0.29, 0.717) is 17.8 Å². The van der Waals surface area contributed by atoms with Crippen molar-refractivity contribution < 1.29 is 0 Å². The minimum absolute atomic E-state index is 0.123. The molecule has 4 rings (SSSR count). The Balaban J connectivity index is 1.90. The first-order valence-electron chi connectivity index (χ1n) is 6.36. The molecule has 0 saturated heterocycles. The molecule has 0 aliphatic rings. The number of anilines is 1. The first-order chi connectivity index (χ1) is 10.6. The molecule has 0 radical (unpaired) electrons. The molecule has 9 heteroatoms. The number of thiazole rings is 1. The second-order valence-corrected chi connectivity index (χ2v) is 6.70. The molecule has 0 aliphatic heterocycles. The average molecular weight is 349 g/mol. The van der Waals surface area contributed by atoms with Gasteiger partial charge in [0.2, 0.25) is 5.95 Å². The van der Waals surface area contributed by atoms with Crippen LogP contribution in [0.1, 0.15) is 0 Å². The molecule has 6 nitrogen and oxygen atoms in total. The predicted molar refractivity (Wildman–Crippen MR) is 90.8 cm³/mol. The van der Waals surface area contributed by atoms with Crippen LogP contribution in [0, 0.1) is 3.95 Å². The molecule has 0 spiro atoms. The molecule has 3 aromatic heterocycles. The van der Waals surface area contributed by atoms with Crippen LogP contribution in [0.25, 0.3) is 21.4 Å². The van der Waals surface area contributed by atoms with Gasteiger partial charge in [-0.2, -0.15) is 9.97 Å². The van der Waals surface area contributed by atoms with Gasteiger partial charge in [-0.05, 0) is 24.4 Å². The molecule has 0 unspecified atom stereocenters. The maximum atomic E-state index is 6.05. The minimum Gasteiger partial charge on any atom is -0.368 e. The number of fused-ring (bicyclic) bond motifs is 2. The van der Waals surface area contributed by atoms with Crippen LogP contribution in [0.3, 0.4) is 0 Å². The molecule has 0 bridgehead atoms. The summed E-state index contributed by atoms with van der Waals surface area (Å²) in [5.74, 6) is 0.123. The summed E-state index contributed by atoms with van der Waals surface area (Å²) in [6, 6.07) is 8.08. The van der Waals surface area contributed by atoms with Gasteiger partial charge in [-0.3, -0.25) is 4.57 Å². The number of hydrogen-bond donors (Lipinski definition) is 1. The highest BCUT2D eigenvalue weighted by Gasteiger charge is 2.12. The van der Waals surface area contributed by atoms with Crippen molar-refractivity contribution in [1.82, 2.24) is 24.1 Å². The third kappa shape index (κ3) is 2.07. The molecular weight excluding hydrogens is 340 g/mol. The second-order valence-electron chi connectivity index (χ2n) is 4.66. The summed E-state index contributed by atoms with van der Waals surface area (Å²) in [6.07, 6.45) is 1.67. The highest BCUT2D eigenvalue weighted by molar-refractivity contribution is 7.73. The van der Waals surface area contributed by atoms with Gasteiger partial charge in [-0.15, -0.1) is 11.3 Å². The number of halogens is 1. The zero-order chi connectivity index (χ0) is 15.3. The van der Waals surface area contributed by atoms with Crippen LogP contribution in [0.2, 0.25) is 5.15 Å². The largest absolute Gasteiger partial charge is 0.368 e. The van der Waals surface area contributed by atoms with Crippen molar-refractivity contribution in [2.24, 2.45) is 0 Å². The number of hydrogen-bond acceptors (Lipinski definition) is 6. The van der Waals surface area contributed by atoms with Crippen molar-refractivity contribution in [3.63, 3.8) is 0 Å². The zero-order valence-electron chi connectivity index (χ0n) is 11.1. The Morgan fingerprint density at radius 1 is 1.27 bits per heavy atom. The van der Waals surface area contributed by atoms with Crippen molar-refractivity contribution in [2.45, 2.75) is 6.67 Å². The van der Waals surface area contributed by atoms with Crippen LogP contribution in [0.5, 0.6) is 0 Å². The Morgan fingerprint density at radius 3 is 2.95 bits per heavy atom. The van der Waals surface area contributed by atoms with Crippen LogP contribution in [0.4, 0.5) is 5.95 Å². The number of rotatable bonds is 2. The molecular formula is C13H9ClN6S2. The second kappa shape index (κ2) is 5.01. The van der Waals surface area contributed by atoms with E-state index in [9.17, 15) is 0 Å². The summed E-state index contributed by atoms with van der Waals surface area (Å²) >= 11 is 13.1. The summed E-state index contributed by atoms with van der Waals surface area (Å²) in [5.41, 5.74) is 7.87. The number of para-hydroxylation sites is 1. The van der Waals surface area contributed by atoms with Crippen molar-refractivity contribution in [2.75, 3.05) is 5.73 Å². The summed E-state index contributed by atoms with van der Waals surface area (Å²) in [7, 11) is 0. The Labute approximate surface area is 138 Å². The first-order valence-corrected chi connectivity index (χ1v) is 7.96. The lowest BCUT2D eigenvalue weighted by atomic mass is 10.3. The quantitative estimate of drug-likeness (QED) is 0.444. The van der Waals surface area contributed by atoms with E-state index in [2.05, 4.69) is 21.0 Å². The van der Waals surface area contributed by atoms with Gasteiger partial charge in [0, 0.05) is 0 Å². The van der Waals surface area contributed by atoms with Crippen LogP contribution >= 0.6 is 35.2 Å². The monoisotopic (exact) mass is 348 g/mol. The first kappa shape index (κ1) is 13.6. The topological polar surface area (TPSA) is 74.5 Å². The standard InChI is InChI=1S/C13H9ClN6S2/c14-10-9-11(18-12(15)17-10)19(5-16-9)6-20-7-3-1-2-4-8(7)22-13(20)21/h1-5H,6H2,(H2,15,17,18). The van der Waals surface area contributed by atoms with E-state index in [4.69, 9.17) is 29.6 Å². The van der Waals surface area contributed by atoms with Gasteiger partial charge in [-0.25, -0.2) is 4.98 Å². The summed E-state index contributed by atoms with van der Waals surface area (Å²) in [5, 5.41) is 0.250. The van der Waals surface area contributed by atoms with Crippen LogP contribution < -0.4 is 5.73 Å². The lowest BCUT2D eigenvalue weighted by Crippen LogP contribution is -2.08. The molecule has 2 N–H and O–H groups in total. The van der Waals surface area contributed by atoms with Gasteiger partial charge in [0.05, 0.1) is 16.5 Å². The highest BCUT2D eigenvalue weighted by Crippen LogP contribution is 2.24. The van der Waals surface area contributed by atoms with E-state index in [-0.39, 0.29) is 11.1 Å². The van der Waals surface area contributed by atoms with Gasteiger partial charge in [0.15, 0.2) is 14.8 Å². The van der Waals surface area contributed by atoms with Gasteiger partial charge in [-0.1, -0.05) is 23.7 Å². The fraction of sp³-hybridized carbons (Fsp3) is 0.0769. The summed E-state index contributed by atoms with van der Waals surface area (Å²) in [4.78, 5) is 12.4. The minimum atomic E-state index is 0.123. The number of nitrogens with two attached hydrogens (primary N) is 1. The van der Waals surface area contributed by atoms with Crippen LogP contribution in [-0.2, 0) is 6.67 Å². The van der Waals surface area contributed by atoms with E-state index in [0.717, 1.165) is 14.2 Å². The number of aromatic nitrogens is 5.